The molecule has 0 saturated carbocycles. The summed E-state index contributed by atoms with van der Waals surface area (Å²) in [6.45, 7) is 0. The largest absolute Gasteiger partial charge is 0.480 e. The second-order valence-corrected chi connectivity index (χ2v) is 4.98. The molecule has 0 saturated heterocycles. The fraction of sp³-hybridized carbons (Fsp3) is 0.333. The average Bonchev–Trinajstić information content (AvgIpc) is 2.54. The average molecular weight is 284 g/mol. The van der Waals surface area contributed by atoms with Gasteiger partial charge >= 0.3 is 0 Å². The van der Waals surface area contributed by atoms with Crippen molar-refractivity contribution in [2.75, 3.05) is 12.4 Å². The number of fused-ring (bicyclic) bond motifs is 1. The number of nitrogens with zero attached hydrogens (tertiary/aromatic N) is 3. The highest BCUT2D eigenvalue weighted by atomic mass is 16.5. The number of anilines is 1. The van der Waals surface area contributed by atoms with Gasteiger partial charge in [0, 0.05) is 18.0 Å². The van der Waals surface area contributed by atoms with E-state index in [9.17, 15) is 4.79 Å². The van der Waals surface area contributed by atoms with Gasteiger partial charge in [0.25, 0.3) is 5.91 Å². The highest BCUT2D eigenvalue weighted by molar-refractivity contribution is 6.04. The van der Waals surface area contributed by atoms with Crippen LogP contribution in [0.4, 0.5) is 5.69 Å². The second kappa shape index (κ2) is 5.87. The molecule has 6 nitrogen and oxygen atoms in total. The molecule has 0 bridgehead atoms. The summed E-state index contributed by atoms with van der Waals surface area (Å²) in [5, 5.41) is 10.3. The number of carbonyl (C=O) groups is 1. The molecule has 0 unspecified atom stereocenters. The molecule has 1 aliphatic carbocycles. The molecule has 0 aromatic carbocycles. The molecule has 0 spiro atoms. The molecule has 1 N–H and O–H groups in total. The molecule has 2 heterocycles. The number of rotatable bonds is 3. The van der Waals surface area contributed by atoms with E-state index in [1.165, 1.54) is 25.3 Å². The van der Waals surface area contributed by atoms with Crippen molar-refractivity contribution in [2.45, 2.75) is 25.7 Å². The van der Waals surface area contributed by atoms with Crippen LogP contribution in [0.1, 0.15) is 34.5 Å². The number of hydrogen-bond acceptors (Lipinski definition) is 5. The highest BCUT2D eigenvalue weighted by Gasteiger charge is 2.14. The summed E-state index contributed by atoms with van der Waals surface area (Å²) in [7, 11) is 1.50. The molecule has 21 heavy (non-hydrogen) atoms. The number of aromatic nitrogens is 3. The van der Waals surface area contributed by atoms with Gasteiger partial charge in [-0.25, -0.2) is 0 Å². The minimum absolute atomic E-state index is 0.203. The van der Waals surface area contributed by atoms with Gasteiger partial charge in [0.05, 0.1) is 24.6 Å². The maximum Gasteiger partial charge on any atom is 0.257 e. The van der Waals surface area contributed by atoms with E-state index in [1.54, 1.807) is 12.3 Å². The van der Waals surface area contributed by atoms with E-state index < -0.39 is 0 Å². The quantitative estimate of drug-likeness (QED) is 0.933. The maximum atomic E-state index is 12.3. The van der Waals surface area contributed by atoms with Crippen LogP contribution >= 0.6 is 0 Å². The lowest BCUT2D eigenvalue weighted by Gasteiger charge is -2.15. The second-order valence-electron chi connectivity index (χ2n) is 4.98. The van der Waals surface area contributed by atoms with Gasteiger partial charge in [-0.15, -0.1) is 5.10 Å². The van der Waals surface area contributed by atoms with Crippen LogP contribution in [0.2, 0.25) is 0 Å². The Balaban J connectivity index is 1.78. The van der Waals surface area contributed by atoms with E-state index in [0.29, 0.717) is 17.1 Å². The van der Waals surface area contributed by atoms with E-state index >= 15 is 0 Å². The Hall–Kier alpha value is -2.50. The molecular weight excluding hydrogens is 268 g/mol. The molecule has 2 aromatic rings. The van der Waals surface area contributed by atoms with Crippen LogP contribution in [0.5, 0.6) is 5.88 Å². The first-order valence-electron chi connectivity index (χ1n) is 6.92. The van der Waals surface area contributed by atoms with E-state index in [4.69, 9.17) is 4.74 Å². The first-order chi connectivity index (χ1) is 10.3. The molecule has 0 fully saturated rings. The fourth-order valence-electron chi connectivity index (χ4n) is 2.43. The number of aryl methyl sites for hydroxylation is 2. The van der Waals surface area contributed by atoms with Gasteiger partial charge < -0.3 is 10.1 Å². The number of carbonyl (C=O) groups excluding carboxylic acids is 1. The van der Waals surface area contributed by atoms with E-state index in [1.807, 2.05) is 6.07 Å². The smallest absolute Gasteiger partial charge is 0.257 e. The predicted molar refractivity (Wildman–Crippen MR) is 77.4 cm³/mol. The number of methoxy groups -OCH3 is 1. The molecule has 108 valence electrons. The Morgan fingerprint density at radius 1 is 1.24 bits per heavy atom. The van der Waals surface area contributed by atoms with Gasteiger partial charge in [-0.3, -0.25) is 9.78 Å². The van der Waals surface area contributed by atoms with Crippen molar-refractivity contribution >= 4 is 11.6 Å². The molecule has 0 atom stereocenters. The van der Waals surface area contributed by atoms with Crippen molar-refractivity contribution in [1.29, 1.82) is 0 Å². The topological polar surface area (TPSA) is 77.0 Å². The molecule has 1 aliphatic rings. The zero-order chi connectivity index (χ0) is 14.7. The van der Waals surface area contributed by atoms with Crippen molar-refractivity contribution in [3.8, 4) is 5.88 Å². The van der Waals surface area contributed by atoms with Gasteiger partial charge in [-0.05, 0) is 37.3 Å². The van der Waals surface area contributed by atoms with Crippen LogP contribution in [0, 0.1) is 0 Å². The Labute approximate surface area is 122 Å². The lowest BCUT2D eigenvalue weighted by Crippen LogP contribution is -2.15. The lowest BCUT2D eigenvalue weighted by atomic mass is 9.95. The van der Waals surface area contributed by atoms with Crippen molar-refractivity contribution in [2.24, 2.45) is 0 Å². The number of pyridine rings is 1. The van der Waals surface area contributed by atoms with E-state index in [2.05, 4.69) is 20.5 Å². The molecule has 1 amide bonds. The Bertz CT molecular complexity index is 672. The molecule has 6 heteroatoms. The van der Waals surface area contributed by atoms with Crippen molar-refractivity contribution in [1.82, 2.24) is 15.2 Å². The molecule has 0 aliphatic heterocycles. The SMILES string of the molecule is COc1cc(NC(=O)c2cnc3c(c2)CCCC3)cnn1. The predicted octanol–water partition coefficient (Wildman–Crippen LogP) is 2.01. The third-order valence-electron chi connectivity index (χ3n) is 3.53. The van der Waals surface area contributed by atoms with E-state index in [-0.39, 0.29) is 5.91 Å². The number of nitrogens with one attached hydrogen (secondary N) is 1. The molecule has 3 rings (SSSR count). The Kier molecular flexibility index (Phi) is 3.77. The standard InChI is InChI=1S/C15H16N4O2/c1-21-14-7-12(9-17-19-14)18-15(20)11-6-10-4-2-3-5-13(10)16-8-11/h6-9H,2-5H2,1H3,(H,18,19,20). The van der Waals surface area contributed by atoms with Gasteiger partial charge in [0.2, 0.25) is 5.88 Å². The summed E-state index contributed by atoms with van der Waals surface area (Å²) in [5.74, 6) is 0.155. The number of hydrogen-bond donors (Lipinski definition) is 1. The van der Waals surface area contributed by atoms with Crippen LogP contribution in [0.3, 0.4) is 0 Å². The zero-order valence-corrected chi connectivity index (χ0v) is 11.8. The van der Waals surface area contributed by atoms with Crippen molar-refractivity contribution < 1.29 is 9.53 Å². The normalized spacial score (nSPS) is 13.4. The van der Waals surface area contributed by atoms with E-state index in [0.717, 1.165) is 25.0 Å². The first-order valence-corrected chi connectivity index (χ1v) is 6.92. The van der Waals surface area contributed by atoms with Crippen LogP contribution in [0.15, 0.2) is 24.5 Å². The van der Waals surface area contributed by atoms with Crippen LogP contribution < -0.4 is 10.1 Å². The summed E-state index contributed by atoms with van der Waals surface area (Å²) < 4.78 is 4.98. The monoisotopic (exact) mass is 284 g/mol. The van der Waals surface area contributed by atoms with Crippen molar-refractivity contribution in [3.05, 3.63) is 41.3 Å². The molecular formula is C15H16N4O2. The summed E-state index contributed by atoms with van der Waals surface area (Å²) in [6.07, 6.45) is 7.44. The minimum atomic E-state index is -0.203. The number of ether oxygens (including phenoxy) is 1. The molecule has 2 aromatic heterocycles. The Morgan fingerprint density at radius 3 is 2.95 bits per heavy atom. The summed E-state index contributed by atoms with van der Waals surface area (Å²) in [6, 6.07) is 3.55. The fourth-order valence-corrected chi connectivity index (χ4v) is 2.43. The highest BCUT2D eigenvalue weighted by Crippen LogP contribution is 2.20. The van der Waals surface area contributed by atoms with Crippen LogP contribution in [-0.2, 0) is 12.8 Å². The molecule has 0 radical (unpaired) electrons. The number of amides is 1. The minimum Gasteiger partial charge on any atom is -0.480 e. The summed E-state index contributed by atoms with van der Waals surface area (Å²) in [5.41, 5.74) is 3.40. The lowest BCUT2D eigenvalue weighted by molar-refractivity contribution is 0.102. The van der Waals surface area contributed by atoms with Gasteiger partial charge in [-0.2, -0.15) is 5.10 Å². The maximum absolute atomic E-state index is 12.3. The summed E-state index contributed by atoms with van der Waals surface area (Å²) in [4.78, 5) is 16.7. The van der Waals surface area contributed by atoms with Crippen LogP contribution in [-0.4, -0.2) is 28.2 Å². The Morgan fingerprint density at radius 2 is 2.10 bits per heavy atom. The third kappa shape index (κ3) is 2.99. The van der Waals surface area contributed by atoms with Gasteiger partial charge in [0.1, 0.15) is 0 Å². The zero-order valence-electron chi connectivity index (χ0n) is 11.8. The van der Waals surface area contributed by atoms with Crippen molar-refractivity contribution in [3.63, 3.8) is 0 Å². The third-order valence-corrected chi connectivity index (χ3v) is 3.53. The first kappa shape index (κ1) is 13.5. The van der Waals surface area contributed by atoms with Gasteiger partial charge in [0.15, 0.2) is 0 Å². The van der Waals surface area contributed by atoms with Gasteiger partial charge in [-0.1, -0.05) is 0 Å². The summed E-state index contributed by atoms with van der Waals surface area (Å²) >= 11 is 0. The van der Waals surface area contributed by atoms with Crippen LogP contribution in [0.25, 0.3) is 0 Å².